The number of aromatic amines is 1. The first kappa shape index (κ1) is 21.8. The van der Waals surface area contributed by atoms with E-state index in [1.165, 1.54) is 11.6 Å². The lowest BCUT2D eigenvalue weighted by Gasteiger charge is -2.29. The number of allylic oxidation sites excluding steroid dienone is 1. The lowest BCUT2D eigenvalue weighted by molar-refractivity contribution is -0.131. The molecule has 0 spiro atoms. The Balaban J connectivity index is 1.51. The van der Waals surface area contributed by atoms with Gasteiger partial charge in [0.25, 0.3) is 0 Å². The average molecular weight is 455 g/mol. The van der Waals surface area contributed by atoms with E-state index in [0.29, 0.717) is 12.2 Å². The van der Waals surface area contributed by atoms with E-state index in [2.05, 4.69) is 67.4 Å². The molecule has 5 rings (SSSR count). The van der Waals surface area contributed by atoms with Gasteiger partial charge in [0.15, 0.2) is 5.82 Å². The molecule has 8 heteroatoms. The molecule has 0 saturated heterocycles. The smallest absolute Gasteiger partial charge is 0.328 e. The molecule has 1 atom stereocenters. The largest absolute Gasteiger partial charge is 0.478 e. The molecule has 8 nitrogen and oxygen atoms in total. The zero-order valence-corrected chi connectivity index (χ0v) is 19.0. The molecule has 0 amide bonds. The number of rotatable bonds is 7. The van der Waals surface area contributed by atoms with Crippen molar-refractivity contribution in [3.8, 4) is 22.5 Å². The quantitative estimate of drug-likeness (QED) is 0.384. The van der Waals surface area contributed by atoms with E-state index < -0.39 is 5.97 Å². The second-order valence-corrected chi connectivity index (χ2v) is 8.53. The molecule has 0 aliphatic carbocycles. The molecule has 1 aliphatic rings. The second kappa shape index (κ2) is 9.43. The van der Waals surface area contributed by atoms with Crippen LogP contribution in [-0.2, 0) is 11.2 Å². The van der Waals surface area contributed by atoms with Gasteiger partial charge in [-0.3, -0.25) is 0 Å². The van der Waals surface area contributed by atoms with Gasteiger partial charge in [0.05, 0.1) is 6.04 Å². The van der Waals surface area contributed by atoms with Crippen molar-refractivity contribution in [2.75, 3.05) is 0 Å². The fourth-order valence-electron chi connectivity index (χ4n) is 4.76. The number of imidazole rings is 1. The average Bonchev–Trinajstić information content (AvgIpc) is 3.54. The Hall–Kier alpha value is -4.07. The normalized spacial score (nSPS) is 16.5. The standard InChI is InChI=1S/C26H26N6O2/c1-2-3-6-20-16-27-26-19(15-24(33)34)13-14-23(32(20)26)18-11-9-17(10-12-18)21-7-4-5-8-22(21)25-28-30-31-29-25/h4-5,7-12,15-16,23H,2-3,6,13-14H2,1H3,(H,33,34)(H,28,29,30,31)/b19-15+. The molecule has 0 saturated carbocycles. The van der Waals surface area contributed by atoms with Crippen LogP contribution in [0.15, 0.2) is 60.8 Å². The number of fused-ring (bicyclic) bond motifs is 1. The van der Waals surface area contributed by atoms with Gasteiger partial charge in [0.2, 0.25) is 0 Å². The SMILES string of the molecule is CCCCc1cnc2n1C(c1ccc(-c3ccccc3-c3nnn[nH]3)cc1)CC/C2=C\C(=O)O. The van der Waals surface area contributed by atoms with Gasteiger partial charge < -0.3 is 9.67 Å². The molecule has 2 aromatic heterocycles. The van der Waals surface area contributed by atoms with Gasteiger partial charge in [-0.15, -0.1) is 5.10 Å². The summed E-state index contributed by atoms with van der Waals surface area (Å²) in [6.45, 7) is 2.17. The van der Waals surface area contributed by atoms with Crippen molar-refractivity contribution < 1.29 is 9.90 Å². The summed E-state index contributed by atoms with van der Waals surface area (Å²) in [6, 6.07) is 16.7. The number of unbranched alkanes of at least 4 members (excludes halogenated alkanes) is 1. The van der Waals surface area contributed by atoms with Crippen LogP contribution in [0.5, 0.6) is 0 Å². The van der Waals surface area contributed by atoms with Crippen molar-refractivity contribution in [3.63, 3.8) is 0 Å². The molecule has 172 valence electrons. The molecule has 0 fully saturated rings. The monoisotopic (exact) mass is 454 g/mol. The summed E-state index contributed by atoms with van der Waals surface area (Å²) in [5, 5.41) is 23.7. The van der Waals surface area contributed by atoms with Crippen molar-refractivity contribution in [1.29, 1.82) is 0 Å². The minimum Gasteiger partial charge on any atom is -0.478 e. The highest BCUT2D eigenvalue weighted by atomic mass is 16.4. The maximum Gasteiger partial charge on any atom is 0.328 e. The number of nitrogens with one attached hydrogen (secondary N) is 1. The topological polar surface area (TPSA) is 110 Å². The molecule has 2 aromatic carbocycles. The van der Waals surface area contributed by atoms with Crippen LogP contribution in [0.25, 0.3) is 28.1 Å². The number of carboxylic acids is 1. The van der Waals surface area contributed by atoms with Crippen molar-refractivity contribution in [2.24, 2.45) is 0 Å². The first-order valence-electron chi connectivity index (χ1n) is 11.6. The predicted octanol–water partition coefficient (Wildman–Crippen LogP) is 4.92. The molecule has 1 unspecified atom stereocenters. The maximum absolute atomic E-state index is 11.4. The van der Waals surface area contributed by atoms with Crippen LogP contribution in [0.1, 0.15) is 55.7 Å². The molecule has 3 heterocycles. The third kappa shape index (κ3) is 4.14. The highest BCUT2D eigenvalue weighted by molar-refractivity contribution is 5.89. The van der Waals surface area contributed by atoms with Gasteiger partial charge in [-0.1, -0.05) is 61.9 Å². The summed E-state index contributed by atoms with van der Waals surface area (Å²) in [5.74, 6) is 0.480. The number of H-pyrrole nitrogens is 1. The van der Waals surface area contributed by atoms with Gasteiger partial charge in [-0.05, 0) is 52.8 Å². The summed E-state index contributed by atoms with van der Waals surface area (Å²) in [5.41, 5.74) is 6.21. The van der Waals surface area contributed by atoms with E-state index in [0.717, 1.165) is 59.5 Å². The van der Waals surface area contributed by atoms with E-state index in [1.54, 1.807) is 0 Å². The third-order valence-corrected chi connectivity index (χ3v) is 6.38. The van der Waals surface area contributed by atoms with Crippen LogP contribution < -0.4 is 0 Å². The van der Waals surface area contributed by atoms with E-state index in [1.807, 2.05) is 24.4 Å². The van der Waals surface area contributed by atoms with Crippen LogP contribution in [0.3, 0.4) is 0 Å². The van der Waals surface area contributed by atoms with Crippen LogP contribution in [-0.4, -0.2) is 41.3 Å². The molecule has 4 aromatic rings. The fraction of sp³-hybridized carbons (Fsp3) is 0.269. The molecular formula is C26H26N6O2. The van der Waals surface area contributed by atoms with Gasteiger partial charge in [0.1, 0.15) is 5.82 Å². The fourth-order valence-corrected chi connectivity index (χ4v) is 4.76. The molecule has 1 aliphatic heterocycles. The predicted molar refractivity (Wildman–Crippen MR) is 129 cm³/mol. The van der Waals surface area contributed by atoms with E-state index in [-0.39, 0.29) is 6.04 Å². The summed E-state index contributed by atoms with van der Waals surface area (Å²) in [4.78, 5) is 16.0. The number of benzene rings is 2. The van der Waals surface area contributed by atoms with E-state index >= 15 is 0 Å². The van der Waals surface area contributed by atoms with E-state index in [9.17, 15) is 9.90 Å². The van der Waals surface area contributed by atoms with Crippen molar-refractivity contribution >= 4 is 11.5 Å². The molecular weight excluding hydrogens is 428 g/mol. The van der Waals surface area contributed by atoms with Crippen molar-refractivity contribution in [1.82, 2.24) is 30.2 Å². The number of aliphatic carboxylic acids is 1. The minimum absolute atomic E-state index is 0.123. The Morgan fingerprint density at radius 1 is 1.18 bits per heavy atom. The first-order valence-corrected chi connectivity index (χ1v) is 11.6. The number of carbonyl (C=O) groups is 1. The van der Waals surface area contributed by atoms with Crippen molar-refractivity contribution in [2.45, 2.75) is 45.1 Å². The van der Waals surface area contributed by atoms with Gasteiger partial charge in [-0.2, -0.15) is 0 Å². The Morgan fingerprint density at radius 2 is 1.97 bits per heavy atom. The zero-order chi connectivity index (χ0) is 23.5. The number of hydrogen-bond acceptors (Lipinski definition) is 5. The van der Waals surface area contributed by atoms with Gasteiger partial charge in [0, 0.05) is 29.1 Å². The third-order valence-electron chi connectivity index (χ3n) is 6.38. The number of carboxylic acid groups (broad SMARTS) is 1. The van der Waals surface area contributed by atoms with Crippen LogP contribution in [0, 0.1) is 0 Å². The highest BCUT2D eigenvalue weighted by Crippen LogP contribution is 2.39. The number of nitrogens with zero attached hydrogens (tertiary/aromatic N) is 5. The summed E-state index contributed by atoms with van der Waals surface area (Å²) in [6.07, 6.45) is 7.83. The molecule has 34 heavy (non-hydrogen) atoms. The van der Waals surface area contributed by atoms with Crippen molar-refractivity contribution in [3.05, 3.63) is 77.9 Å². The van der Waals surface area contributed by atoms with E-state index in [4.69, 9.17) is 0 Å². The highest BCUT2D eigenvalue weighted by Gasteiger charge is 2.28. The lowest BCUT2D eigenvalue weighted by Crippen LogP contribution is -2.21. The Labute approximate surface area is 197 Å². The first-order chi connectivity index (χ1) is 16.7. The summed E-state index contributed by atoms with van der Waals surface area (Å²) < 4.78 is 2.25. The molecule has 2 N–H and O–H groups in total. The number of aromatic nitrogens is 6. The number of hydrogen-bond donors (Lipinski definition) is 2. The number of tetrazole rings is 1. The lowest BCUT2D eigenvalue weighted by atomic mass is 9.91. The van der Waals surface area contributed by atoms with Crippen LogP contribution in [0.2, 0.25) is 0 Å². The summed E-state index contributed by atoms with van der Waals surface area (Å²) in [7, 11) is 0. The Bertz CT molecular complexity index is 1320. The Kier molecular flexibility index (Phi) is 6.03. The summed E-state index contributed by atoms with van der Waals surface area (Å²) >= 11 is 0. The maximum atomic E-state index is 11.4. The zero-order valence-electron chi connectivity index (χ0n) is 19.0. The Morgan fingerprint density at radius 3 is 2.68 bits per heavy atom. The second-order valence-electron chi connectivity index (χ2n) is 8.53. The molecule has 0 bridgehead atoms. The minimum atomic E-state index is -0.928. The van der Waals surface area contributed by atoms with Crippen LogP contribution in [0.4, 0.5) is 0 Å². The van der Waals surface area contributed by atoms with Crippen LogP contribution >= 0.6 is 0 Å². The van der Waals surface area contributed by atoms with Gasteiger partial charge >= 0.3 is 5.97 Å². The molecule has 0 radical (unpaired) electrons. The van der Waals surface area contributed by atoms with Gasteiger partial charge in [-0.25, -0.2) is 14.9 Å². The number of aryl methyl sites for hydroxylation is 1.